The molecule has 0 saturated carbocycles. The number of carbonyl (C=O) groups excluding carboxylic acids is 1. The first kappa shape index (κ1) is 14.9. The van der Waals surface area contributed by atoms with Crippen molar-refractivity contribution in [2.75, 3.05) is 18.6 Å². The van der Waals surface area contributed by atoms with E-state index < -0.39 is 0 Å². The minimum absolute atomic E-state index is 0.00434. The van der Waals surface area contributed by atoms with E-state index in [9.17, 15) is 9.90 Å². The van der Waals surface area contributed by atoms with Crippen LogP contribution in [-0.4, -0.2) is 35.2 Å². The average Bonchev–Trinajstić information content (AvgIpc) is 2.33. The monoisotopic (exact) mass is 268 g/mol. The summed E-state index contributed by atoms with van der Waals surface area (Å²) in [6.45, 7) is 3.80. The third kappa shape index (κ3) is 3.65. The maximum absolute atomic E-state index is 12.1. The van der Waals surface area contributed by atoms with Gasteiger partial charge >= 0.3 is 0 Å². The van der Waals surface area contributed by atoms with E-state index in [1.165, 1.54) is 11.8 Å². The van der Waals surface area contributed by atoms with Gasteiger partial charge in [0, 0.05) is 22.5 Å². The first-order valence-electron chi connectivity index (χ1n) is 5.80. The molecule has 18 heavy (non-hydrogen) atoms. The lowest BCUT2D eigenvalue weighted by Crippen LogP contribution is -2.41. The number of nitrogen functional groups attached to an aromatic ring is 1. The topological polar surface area (TPSA) is 75.3 Å². The smallest absolute Gasteiger partial charge is 0.251 e. The maximum Gasteiger partial charge on any atom is 0.251 e. The molecule has 0 aliphatic heterocycles. The third-order valence-electron chi connectivity index (χ3n) is 2.91. The fourth-order valence-electron chi connectivity index (χ4n) is 1.70. The summed E-state index contributed by atoms with van der Waals surface area (Å²) in [5, 5.41) is 12.1. The number of thioether (sulfide) groups is 1. The van der Waals surface area contributed by atoms with Crippen molar-refractivity contribution in [1.82, 2.24) is 5.32 Å². The molecule has 0 aromatic heterocycles. The predicted molar refractivity (Wildman–Crippen MR) is 76.9 cm³/mol. The molecule has 2 atom stereocenters. The molecule has 0 heterocycles. The zero-order valence-electron chi connectivity index (χ0n) is 10.9. The van der Waals surface area contributed by atoms with Gasteiger partial charge in [0.1, 0.15) is 0 Å². The first-order chi connectivity index (χ1) is 8.49. The molecular weight excluding hydrogens is 248 g/mol. The number of aliphatic hydroxyl groups excluding tert-OH is 1. The van der Waals surface area contributed by atoms with E-state index >= 15 is 0 Å². The van der Waals surface area contributed by atoms with Gasteiger partial charge in [0.2, 0.25) is 0 Å². The summed E-state index contributed by atoms with van der Waals surface area (Å²) in [5.41, 5.74) is 7.73. The average molecular weight is 268 g/mol. The van der Waals surface area contributed by atoms with E-state index in [-0.39, 0.29) is 23.8 Å². The van der Waals surface area contributed by atoms with Gasteiger partial charge in [-0.2, -0.15) is 11.8 Å². The lowest BCUT2D eigenvalue weighted by molar-refractivity contribution is 0.0935. The standard InChI is InChI=1S/C13H20N2O2S/c1-8-4-5-10(14)6-11(8)13(17)15-9(2)12(7-16)18-3/h4-6,9,12,16H,7,14H2,1-3H3,(H,15,17). The minimum atomic E-state index is -0.153. The van der Waals surface area contributed by atoms with Gasteiger partial charge in [0.05, 0.1) is 6.61 Å². The van der Waals surface area contributed by atoms with Gasteiger partial charge in [0.15, 0.2) is 0 Å². The summed E-state index contributed by atoms with van der Waals surface area (Å²) in [5.74, 6) is -0.153. The van der Waals surface area contributed by atoms with Crippen molar-refractivity contribution >= 4 is 23.4 Å². The number of carbonyl (C=O) groups is 1. The zero-order chi connectivity index (χ0) is 13.7. The molecule has 1 amide bonds. The number of hydrogen-bond donors (Lipinski definition) is 3. The molecule has 1 aromatic carbocycles. The molecule has 2 unspecified atom stereocenters. The third-order valence-corrected chi connectivity index (χ3v) is 4.07. The molecule has 0 radical (unpaired) electrons. The van der Waals surface area contributed by atoms with Gasteiger partial charge < -0.3 is 16.2 Å². The second-order valence-electron chi connectivity index (χ2n) is 4.29. The molecular formula is C13H20N2O2S. The van der Waals surface area contributed by atoms with Gasteiger partial charge in [-0.15, -0.1) is 0 Å². The summed E-state index contributed by atoms with van der Waals surface area (Å²) in [6, 6.07) is 5.17. The van der Waals surface area contributed by atoms with Crippen LogP contribution in [0, 0.1) is 6.92 Å². The molecule has 0 saturated heterocycles. The number of aryl methyl sites for hydroxylation is 1. The Morgan fingerprint density at radius 1 is 1.56 bits per heavy atom. The highest BCUT2D eigenvalue weighted by molar-refractivity contribution is 7.99. The maximum atomic E-state index is 12.1. The Morgan fingerprint density at radius 2 is 2.22 bits per heavy atom. The Kier molecular flexibility index (Phi) is 5.50. The number of aliphatic hydroxyl groups is 1. The number of nitrogens with two attached hydrogens (primary N) is 1. The minimum Gasteiger partial charge on any atom is -0.399 e. The fraction of sp³-hybridized carbons (Fsp3) is 0.462. The van der Waals surface area contributed by atoms with Crippen molar-refractivity contribution in [1.29, 1.82) is 0 Å². The van der Waals surface area contributed by atoms with Crippen LogP contribution in [0.4, 0.5) is 5.69 Å². The summed E-state index contributed by atoms with van der Waals surface area (Å²) < 4.78 is 0. The van der Waals surface area contributed by atoms with Crippen LogP contribution in [0.1, 0.15) is 22.8 Å². The fourth-order valence-corrected chi connectivity index (χ4v) is 2.32. The Hall–Kier alpha value is -1.20. The van der Waals surface area contributed by atoms with Gasteiger partial charge in [-0.25, -0.2) is 0 Å². The Morgan fingerprint density at radius 3 is 2.78 bits per heavy atom. The number of rotatable bonds is 5. The molecule has 5 heteroatoms. The Balaban J connectivity index is 2.79. The van der Waals surface area contributed by atoms with Crippen LogP contribution in [0.15, 0.2) is 18.2 Å². The first-order valence-corrected chi connectivity index (χ1v) is 7.09. The largest absolute Gasteiger partial charge is 0.399 e. The molecule has 0 fully saturated rings. The van der Waals surface area contributed by atoms with Crippen molar-refractivity contribution in [3.63, 3.8) is 0 Å². The van der Waals surface area contributed by atoms with Crippen molar-refractivity contribution in [3.8, 4) is 0 Å². The molecule has 0 spiro atoms. The van der Waals surface area contributed by atoms with Crippen LogP contribution >= 0.6 is 11.8 Å². The molecule has 0 bridgehead atoms. The summed E-state index contributed by atoms with van der Waals surface area (Å²) in [4.78, 5) is 12.1. The van der Waals surface area contributed by atoms with Gasteiger partial charge in [0.25, 0.3) is 5.91 Å². The van der Waals surface area contributed by atoms with Crippen LogP contribution in [0.2, 0.25) is 0 Å². The normalized spacial score (nSPS) is 14.0. The molecule has 1 aromatic rings. The summed E-state index contributed by atoms with van der Waals surface area (Å²) >= 11 is 1.53. The summed E-state index contributed by atoms with van der Waals surface area (Å²) in [7, 11) is 0. The lowest BCUT2D eigenvalue weighted by Gasteiger charge is -2.21. The number of anilines is 1. The van der Waals surface area contributed by atoms with Crippen LogP contribution in [0.25, 0.3) is 0 Å². The van der Waals surface area contributed by atoms with E-state index in [4.69, 9.17) is 5.73 Å². The van der Waals surface area contributed by atoms with Crippen molar-refractivity contribution in [2.24, 2.45) is 0 Å². The molecule has 0 aliphatic rings. The molecule has 0 aliphatic carbocycles. The van der Waals surface area contributed by atoms with Crippen LogP contribution in [0.5, 0.6) is 0 Å². The van der Waals surface area contributed by atoms with Gasteiger partial charge in [-0.1, -0.05) is 6.07 Å². The van der Waals surface area contributed by atoms with E-state index in [1.807, 2.05) is 26.2 Å². The van der Waals surface area contributed by atoms with Gasteiger partial charge in [-0.3, -0.25) is 4.79 Å². The predicted octanol–water partition coefficient (Wildman–Crippen LogP) is 1.42. The highest BCUT2D eigenvalue weighted by Gasteiger charge is 2.19. The van der Waals surface area contributed by atoms with Crippen LogP contribution < -0.4 is 11.1 Å². The zero-order valence-corrected chi connectivity index (χ0v) is 11.8. The van der Waals surface area contributed by atoms with Crippen molar-refractivity contribution in [3.05, 3.63) is 29.3 Å². The Bertz CT molecular complexity index is 419. The van der Waals surface area contributed by atoms with E-state index in [0.717, 1.165) is 5.56 Å². The van der Waals surface area contributed by atoms with E-state index in [2.05, 4.69) is 5.32 Å². The summed E-state index contributed by atoms with van der Waals surface area (Å²) in [6.07, 6.45) is 1.91. The van der Waals surface area contributed by atoms with Crippen molar-refractivity contribution in [2.45, 2.75) is 25.1 Å². The second-order valence-corrected chi connectivity index (χ2v) is 5.37. The number of amides is 1. The number of hydrogen-bond acceptors (Lipinski definition) is 4. The quantitative estimate of drug-likeness (QED) is 0.706. The van der Waals surface area contributed by atoms with Gasteiger partial charge in [-0.05, 0) is 37.8 Å². The van der Waals surface area contributed by atoms with E-state index in [1.54, 1.807) is 12.1 Å². The molecule has 100 valence electrons. The number of nitrogens with one attached hydrogen (secondary N) is 1. The molecule has 4 nitrogen and oxygen atoms in total. The highest BCUT2D eigenvalue weighted by atomic mass is 32.2. The lowest BCUT2D eigenvalue weighted by atomic mass is 10.1. The highest BCUT2D eigenvalue weighted by Crippen LogP contribution is 2.15. The number of benzene rings is 1. The van der Waals surface area contributed by atoms with E-state index in [0.29, 0.717) is 11.3 Å². The van der Waals surface area contributed by atoms with Crippen molar-refractivity contribution < 1.29 is 9.90 Å². The molecule has 4 N–H and O–H groups in total. The molecule has 1 rings (SSSR count). The second kappa shape index (κ2) is 6.66. The van der Waals surface area contributed by atoms with Crippen LogP contribution in [0.3, 0.4) is 0 Å². The Labute approximate surface area is 112 Å². The SMILES string of the molecule is CSC(CO)C(C)NC(=O)c1cc(N)ccc1C. The van der Waals surface area contributed by atoms with Crippen LogP contribution in [-0.2, 0) is 0 Å².